The van der Waals surface area contributed by atoms with Gasteiger partial charge in [0.25, 0.3) is 0 Å². The minimum absolute atomic E-state index is 0. The molecule has 0 bridgehead atoms. The molecule has 0 unspecified atom stereocenters. The van der Waals surface area contributed by atoms with Gasteiger partial charge in [0.2, 0.25) is 5.88 Å². The lowest BCUT2D eigenvalue weighted by molar-refractivity contribution is 0.378. The molecular formula is C14H21N3O2. The summed E-state index contributed by atoms with van der Waals surface area (Å²) in [7, 11) is 3.16. The van der Waals surface area contributed by atoms with Gasteiger partial charge in [0.05, 0.1) is 14.2 Å². The van der Waals surface area contributed by atoms with Crippen LogP contribution in [0.5, 0.6) is 11.9 Å². The van der Waals surface area contributed by atoms with Gasteiger partial charge in [0.1, 0.15) is 0 Å². The van der Waals surface area contributed by atoms with E-state index in [1.807, 2.05) is 32.0 Å². The van der Waals surface area contributed by atoms with E-state index in [2.05, 4.69) is 15.0 Å². The molecular weight excluding hydrogens is 242 g/mol. The molecule has 0 spiro atoms. The fourth-order valence-electron chi connectivity index (χ4n) is 1.14. The first kappa shape index (κ1) is 16.8. The number of methoxy groups -OCH3 is 2. The van der Waals surface area contributed by atoms with Gasteiger partial charge in [-0.25, -0.2) is 15.0 Å². The average Bonchev–Trinajstić information content (AvgIpc) is 2.39. The monoisotopic (exact) mass is 263 g/mol. The second kappa shape index (κ2) is 8.85. The molecule has 0 saturated carbocycles. The smallest absolute Gasteiger partial charge is 0.316 e. The van der Waals surface area contributed by atoms with Crippen molar-refractivity contribution in [3.63, 3.8) is 0 Å². The maximum absolute atomic E-state index is 4.88. The Balaban J connectivity index is 0.000000324. The summed E-state index contributed by atoms with van der Waals surface area (Å²) in [5.74, 6) is 0.676. The third kappa shape index (κ3) is 6.35. The molecule has 0 fully saturated rings. The highest BCUT2D eigenvalue weighted by Gasteiger charge is 1.90. The second-order valence-corrected chi connectivity index (χ2v) is 3.56. The van der Waals surface area contributed by atoms with E-state index < -0.39 is 0 Å². The van der Waals surface area contributed by atoms with E-state index in [1.165, 1.54) is 5.56 Å². The maximum Gasteiger partial charge on any atom is 0.316 e. The lowest BCUT2D eigenvalue weighted by Crippen LogP contribution is -1.91. The molecule has 0 atom stereocenters. The molecule has 0 saturated heterocycles. The Hall–Kier alpha value is -2.17. The van der Waals surface area contributed by atoms with E-state index in [0.29, 0.717) is 11.9 Å². The van der Waals surface area contributed by atoms with Crippen molar-refractivity contribution in [3.05, 3.63) is 41.9 Å². The zero-order valence-corrected chi connectivity index (χ0v) is 11.0. The van der Waals surface area contributed by atoms with Crippen LogP contribution in [0.4, 0.5) is 0 Å². The van der Waals surface area contributed by atoms with Gasteiger partial charge >= 0.3 is 6.01 Å². The van der Waals surface area contributed by atoms with Gasteiger partial charge in [-0.3, -0.25) is 0 Å². The van der Waals surface area contributed by atoms with Crippen LogP contribution in [-0.4, -0.2) is 29.2 Å². The van der Waals surface area contributed by atoms with Crippen LogP contribution >= 0.6 is 0 Å². The Labute approximate surface area is 114 Å². The molecule has 2 rings (SSSR count). The van der Waals surface area contributed by atoms with E-state index in [4.69, 9.17) is 9.47 Å². The van der Waals surface area contributed by atoms with Crippen molar-refractivity contribution in [2.75, 3.05) is 14.2 Å². The van der Waals surface area contributed by atoms with E-state index >= 15 is 0 Å². The summed E-state index contributed by atoms with van der Waals surface area (Å²) in [4.78, 5) is 11.7. The van der Waals surface area contributed by atoms with Crippen molar-refractivity contribution in [3.8, 4) is 11.9 Å². The lowest BCUT2D eigenvalue weighted by atomic mass is 10.3. The average molecular weight is 263 g/mol. The normalized spacial score (nSPS) is 8.63. The summed E-state index contributed by atoms with van der Waals surface area (Å²) in [6.07, 6.45) is 3.40. The zero-order valence-electron chi connectivity index (χ0n) is 11.0. The number of nitrogens with zero attached hydrogens (tertiary/aromatic N) is 3. The number of pyridine rings is 1. The van der Waals surface area contributed by atoms with Crippen molar-refractivity contribution >= 4 is 0 Å². The van der Waals surface area contributed by atoms with Crippen LogP contribution in [0, 0.1) is 13.8 Å². The van der Waals surface area contributed by atoms with E-state index in [-0.39, 0.29) is 7.43 Å². The standard InChI is InChI=1S/C7H9NO.C6H8N2O.CH4/c1-6-3-4-8-7(5-6)9-2;1-5-3-4-7-6(8-5)9-2;/h3-5H,1-2H3;3-4H,1-2H3;1H4. The molecule has 5 heteroatoms. The van der Waals surface area contributed by atoms with Crippen molar-refractivity contribution < 1.29 is 9.47 Å². The summed E-state index contributed by atoms with van der Waals surface area (Å²) in [5, 5.41) is 0. The molecule has 19 heavy (non-hydrogen) atoms. The fraction of sp³-hybridized carbons (Fsp3) is 0.357. The molecule has 2 heterocycles. The van der Waals surface area contributed by atoms with Crippen molar-refractivity contribution in [2.24, 2.45) is 0 Å². The molecule has 0 aromatic carbocycles. The number of hydrogen-bond acceptors (Lipinski definition) is 5. The van der Waals surface area contributed by atoms with Gasteiger partial charge < -0.3 is 9.47 Å². The van der Waals surface area contributed by atoms with Crippen LogP contribution in [0.3, 0.4) is 0 Å². The molecule has 0 radical (unpaired) electrons. The molecule has 0 aliphatic carbocycles. The van der Waals surface area contributed by atoms with E-state index in [0.717, 1.165) is 5.69 Å². The van der Waals surface area contributed by atoms with Crippen LogP contribution in [0.25, 0.3) is 0 Å². The Morgan fingerprint density at radius 1 is 0.947 bits per heavy atom. The van der Waals surface area contributed by atoms with Gasteiger partial charge in [0.15, 0.2) is 0 Å². The summed E-state index contributed by atoms with van der Waals surface area (Å²) in [6.45, 7) is 3.90. The Morgan fingerprint density at radius 2 is 1.63 bits per heavy atom. The van der Waals surface area contributed by atoms with Crippen LogP contribution < -0.4 is 9.47 Å². The topological polar surface area (TPSA) is 57.1 Å². The maximum atomic E-state index is 4.88. The number of rotatable bonds is 2. The number of aryl methyl sites for hydroxylation is 2. The molecule has 5 nitrogen and oxygen atoms in total. The molecule has 104 valence electrons. The third-order valence-electron chi connectivity index (χ3n) is 2.05. The highest BCUT2D eigenvalue weighted by molar-refractivity contribution is 5.18. The van der Waals surface area contributed by atoms with Crippen LogP contribution in [0.2, 0.25) is 0 Å². The molecule has 0 aliphatic heterocycles. The summed E-state index contributed by atoms with van der Waals surface area (Å²) >= 11 is 0. The van der Waals surface area contributed by atoms with Crippen molar-refractivity contribution in [1.82, 2.24) is 15.0 Å². The van der Waals surface area contributed by atoms with Gasteiger partial charge in [-0.1, -0.05) is 7.43 Å². The second-order valence-electron chi connectivity index (χ2n) is 3.56. The van der Waals surface area contributed by atoms with E-state index in [9.17, 15) is 0 Å². The molecule has 2 aromatic rings. The molecule has 0 aliphatic rings. The predicted octanol–water partition coefficient (Wildman–Crippen LogP) is 2.83. The van der Waals surface area contributed by atoms with Crippen LogP contribution in [0.1, 0.15) is 18.7 Å². The quantitative estimate of drug-likeness (QED) is 0.834. The number of hydrogen-bond donors (Lipinski definition) is 0. The highest BCUT2D eigenvalue weighted by atomic mass is 16.5. The largest absolute Gasteiger partial charge is 0.481 e. The molecule has 0 amide bonds. The Bertz CT molecular complexity index is 444. The first-order valence-corrected chi connectivity index (χ1v) is 5.46. The number of aromatic nitrogens is 3. The van der Waals surface area contributed by atoms with Crippen LogP contribution in [-0.2, 0) is 0 Å². The fourth-order valence-corrected chi connectivity index (χ4v) is 1.14. The van der Waals surface area contributed by atoms with Gasteiger partial charge in [-0.15, -0.1) is 0 Å². The number of ether oxygens (including phenoxy) is 2. The van der Waals surface area contributed by atoms with Gasteiger partial charge in [-0.2, -0.15) is 0 Å². The first-order valence-electron chi connectivity index (χ1n) is 5.46. The first-order chi connectivity index (χ1) is 8.65. The van der Waals surface area contributed by atoms with Crippen molar-refractivity contribution in [1.29, 1.82) is 0 Å². The lowest BCUT2D eigenvalue weighted by Gasteiger charge is -1.96. The SMILES string of the molecule is C.COc1cc(C)ccn1.COc1nccc(C)n1. The van der Waals surface area contributed by atoms with Gasteiger partial charge in [-0.05, 0) is 31.5 Å². The van der Waals surface area contributed by atoms with Crippen molar-refractivity contribution in [2.45, 2.75) is 21.3 Å². The minimum atomic E-state index is 0. The summed E-state index contributed by atoms with van der Waals surface area (Å²) in [6, 6.07) is 6.07. The zero-order chi connectivity index (χ0) is 13.4. The van der Waals surface area contributed by atoms with Gasteiger partial charge in [0, 0.05) is 24.2 Å². The summed E-state index contributed by atoms with van der Waals surface area (Å²) in [5.41, 5.74) is 2.09. The predicted molar refractivity (Wildman–Crippen MR) is 75.6 cm³/mol. The summed E-state index contributed by atoms with van der Waals surface area (Å²) < 4.78 is 9.66. The Morgan fingerprint density at radius 3 is 2.05 bits per heavy atom. The minimum Gasteiger partial charge on any atom is -0.481 e. The van der Waals surface area contributed by atoms with Crippen LogP contribution in [0.15, 0.2) is 30.6 Å². The Kier molecular flexibility index (Phi) is 7.84. The molecule has 2 aromatic heterocycles. The highest BCUT2D eigenvalue weighted by Crippen LogP contribution is 2.05. The third-order valence-corrected chi connectivity index (χ3v) is 2.05. The molecule has 0 N–H and O–H groups in total. The van der Waals surface area contributed by atoms with E-state index in [1.54, 1.807) is 26.6 Å².